The van der Waals surface area contributed by atoms with E-state index in [0.717, 1.165) is 0 Å². The lowest BCUT2D eigenvalue weighted by atomic mass is 10.2. The normalized spacial score (nSPS) is 9.64. The van der Waals surface area contributed by atoms with Gasteiger partial charge in [-0.25, -0.2) is 0 Å². The highest BCUT2D eigenvalue weighted by Gasteiger charge is 2.06. The van der Waals surface area contributed by atoms with Gasteiger partial charge < -0.3 is 5.11 Å². The Bertz CT molecular complexity index is 275. The molecule has 1 heterocycles. The SMILES string of the molecule is O=C(CO)c1ccncc1Br. The lowest BCUT2D eigenvalue weighted by Crippen LogP contribution is -2.04. The van der Waals surface area contributed by atoms with Crippen LogP contribution in [0.4, 0.5) is 0 Å². The molecule has 3 nitrogen and oxygen atoms in total. The van der Waals surface area contributed by atoms with E-state index >= 15 is 0 Å². The zero-order valence-electron chi connectivity index (χ0n) is 5.62. The van der Waals surface area contributed by atoms with Crippen LogP contribution >= 0.6 is 15.9 Å². The lowest BCUT2D eigenvalue weighted by molar-refractivity contribution is 0.0903. The molecule has 0 aromatic carbocycles. The van der Waals surface area contributed by atoms with E-state index in [4.69, 9.17) is 5.11 Å². The summed E-state index contributed by atoms with van der Waals surface area (Å²) < 4.78 is 0.610. The standard InChI is InChI=1S/C7H6BrNO2/c8-6-3-9-2-1-5(6)7(11)4-10/h1-3,10H,4H2. The molecule has 0 unspecified atom stereocenters. The number of aromatic nitrogens is 1. The van der Waals surface area contributed by atoms with Crippen LogP contribution in [0.1, 0.15) is 10.4 Å². The highest BCUT2D eigenvalue weighted by atomic mass is 79.9. The second-order valence-corrected chi connectivity index (χ2v) is 2.79. The van der Waals surface area contributed by atoms with Crippen molar-refractivity contribution in [2.75, 3.05) is 6.61 Å². The van der Waals surface area contributed by atoms with Gasteiger partial charge in [-0.2, -0.15) is 0 Å². The number of hydrogen-bond acceptors (Lipinski definition) is 3. The van der Waals surface area contributed by atoms with Crippen molar-refractivity contribution in [2.45, 2.75) is 0 Å². The predicted octanol–water partition coefficient (Wildman–Crippen LogP) is 1.02. The molecule has 1 aromatic rings. The van der Waals surface area contributed by atoms with Crippen LogP contribution in [0.2, 0.25) is 0 Å². The third-order valence-corrected chi connectivity index (χ3v) is 1.85. The summed E-state index contributed by atoms with van der Waals surface area (Å²) in [6.45, 7) is -0.470. The van der Waals surface area contributed by atoms with Crippen molar-refractivity contribution in [3.63, 3.8) is 0 Å². The molecule has 58 valence electrons. The van der Waals surface area contributed by atoms with E-state index in [9.17, 15) is 4.79 Å². The van der Waals surface area contributed by atoms with Gasteiger partial charge in [-0.1, -0.05) is 0 Å². The molecule has 0 atom stereocenters. The minimum Gasteiger partial charge on any atom is -0.388 e. The van der Waals surface area contributed by atoms with Crippen LogP contribution in [-0.2, 0) is 0 Å². The molecule has 1 rings (SSSR count). The number of carbonyl (C=O) groups excluding carboxylic acids is 1. The van der Waals surface area contributed by atoms with E-state index in [1.165, 1.54) is 12.4 Å². The second kappa shape index (κ2) is 3.59. The van der Waals surface area contributed by atoms with Gasteiger partial charge in [-0.3, -0.25) is 9.78 Å². The Morgan fingerprint density at radius 3 is 3.00 bits per heavy atom. The number of pyridine rings is 1. The molecule has 0 spiro atoms. The van der Waals surface area contributed by atoms with E-state index in [1.807, 2.05) is 0 Å². The van der Waals surface area contributed by atoms with Crippen molar-refractivity contribution < 1.29 is 9.90 Å². The third kappa shape index (κ3) is 1.85. The Kier molecular flexibility index (Phi) is 2.73. The number of aliphatic hydroxyl groups is 1. The molecule has 0 aliphatic heterocycles. The summed E-state index contributed by atoms with van der Waals surface area (Å²) >= 11 is 3.14. The first kappa shape index (κ1) is 8.36. The molecule has 0 radical (unpaired) electrons. The first-order valence-electron chi connectivity index (χ1n) is 2.99. The van der Waals surface area contributed by atoms with Gasteiger partial charge in [0.15, 0.2) is 5.78 Å². The topological polar surface area (TPSA) is 50.2 Å². The van der Waals surface area contributed by atoms with Gasteiger partial charge in [-0.15, -0.1) is 0 Å². The number of carbonyl (C=O) groups is 1. The van der Waals surface area contributed by atoms with E-state index in [2.05, 4.69) is 20.9 Å². The molecule has 0 aliphatic rings. The summed E-state index contributed by atoms with van der Waals surface area (Å²) in [5.74, 6) is -0.306. The number of hydrogen-bond donors (Lipinski definition) is 1. The molecular formula is C7H6BrNO2. The van der Waals surface area contributed by atoms with Crippen molar-refractivity contribution in [1.29, 1.82) is 0 Å². The first-order chi connectivity index (χ1) is 5.25. The molecule has 0 bridgehead atoms. The van der Waals surface area contributed by atoms with Crippen molar-refractivity contribution in [3.05, 3.63) is 28.5 Å². The Morgan fingerprint density at radius 2 is 2.45 bits per heavy atom. The maximum Gasteiger partial charge on any atom is 0.189 e. The highest BCUT2D eigenvalue weighted by Crippen LogP contribution is 2.14. The number of rotatable bonds is 2. The average Bonchev–Trinajstić information content (AvgIpc) is 2.04. The van der Waals surface area contributed by atoms with Crippen LogP contribution in [0, 0.1) is 0 Å². The van der Waals surface area contributed by atoms with Crippen molar-refractivity contribution in [3.8, 4) is 0 Å². The average molecular weight is 216 g/mol. The lowest BCUT2D eigenvalue weighted by Gasteiger charge is -1.97. The molecule has 1 N–H and O–H groups in total. The van der Waals surface area contributed by atoms with E-state index in [1.54, 1.807) is 6.07 Å². The summed E-state index contributed by atoms with van der Waals surface area (Å²) in [7, 11) is 0. The van der Waals surface area contributed by atoms with E-state index in [0.29, 0.717) is 10.0 Å². The van der Waals surface area contributed by atoms with E-state index in [-0.39, 0.29) is 5.78 Å². The van der Waals surface area contributed by atoms with Crippen molar-refractivity contribution in [1.82, 2.24) is 4.98 Å². The quantitative estimate of drug-likeness (QED) is 0.750. The minimum absolute atomic E-state index is 0.306. The second-order valence-electron chi connectivity index (χ2n) is 1.94. The maximum atomic E-state index is 10.9. The zero-order chi connectivity index (χ0) is 8.27. The predicted molar refractivity (Wildman–Crippen MR) is 43.4 cm³/mol. The summed E-state index contributed by atoms with van der Waals surface area (Å²) in [5, 5.41) is 8.52. The summed E-state index contributed by atoms with van der Waals surface area (Å²) in [5.41, 5.74) is 0.461. The van der Waals surface area contributed by atoms with Gasteiger partial charge in [0.2, 0.25) is 0 Å². The number of Topliss-reactive ketones (excluding diaryl/α,β-unsaturated/α-hetero) is 1. The van der Waals surface area contributed by atoms with Crippen LogP contribution < -0.4 is 0 Å². The minimum atomic E-state index is -0.470. The fourth-order valence-corrected chi connectivity index (χ4v) is 1.16. The maximum absolute atomic E-state index is 10.9. The monoisotopic (exact) mass is 215 g/mol. The largest absolute Gasteiger partial charge is 0.388 e. The molecule has 0 saturated heterocycles. The summed E-state index contributed by atoms with van der Waals surface area (Å²) in [6.07, 6.45) is 3.02. The number of nitrogens with zero attached hydrogens (tertiary/aromatic N) is 1. The molecule has 0 saturated carbocycles. The molecular weight excluding hydrogens is 210 g/mol. The number of ketones is 1. The zero-order valence-corrected chi connectivity index (χ0v) is 7.21. The van der Waals surface area contributed by atoms with Crippen LogP contribution in [0.5, 0.6) is 0 Å². The molecule has 4 heteroatoms. The molecule has 1 aromatic heterocycles. The smallest absolute Gasteiger partial charge is 0.189 e. The van der Waals surface area contributed by atoms with Crippen molar-refractivity contribution >= 4 is 21.7 Å². The Hall–Kier alpha value is -0.740. The Balaban J connectivity index is 3.03. The van der Waals surface area contributed by atoms with Gasteiger partial charge >= 0.3 is 0 Å². The third-order valence-electron chi connectivity index (χ3n) is 1.22. The van der Waals surface area contributed by atoms with Crippen molar-refractivity contribution in [2.24, 2.45) is 0 Å². The Morgan fingerprint density at radius 1 is 1.73 bits per heavy atom. The molecule has 0 fully saturated rings. The van der Waals surface area contributed by atoms with Crippen LogP contribution in [0.25, 0.3) is 0 Å². The number of aliphatic hydroxyl groups excluding tert-OH is 1. The highest BCUT2D eigenvalue weighted by molar-refractivity contribution is 9.10. The fourth-order valence-electron chi connectivity index (χ4n) is 0.687. The summed E-state index contributed by atoms with van der Waals surface area (Å²) in [6, 6.07) is 1.56. The van der Waals surface area contributed by atoms with Crippen LogP contribution in [0.15, 0.2) is 22.9 Å². The summed E-state index contributed by atoms with van der Waals surface area (Å²) in [4.78, 5) is 14.7. The molecule has 0 aliphatic carbocycles. The van der Waals surface area contributed by atoms with Crippen LogP contribution in [-0.4, -0.2) is 22.5 Å². The Labute approximate surface area is 72.2 Å². The van der Waals surface area contributed by atoms with Gasteiger partial charge in [0.25, 0.3) is 0 Å². The molecule has 11 heavy (non-hydrogen) atoms. The fraction of sp³-hybridized carbons (Fsp3) is 0.143. The number of halogens is 1. The molecule has 0 amide bonds. The van der Waals surface area contributed by atoms with Gasteiger partial charge in [0.1, 0.15) is 6.61 Å². The van der Waals surface area contributed by atoms with Gasteiger partial charge in [0.05, 0.1) is 0 Å². The van der Waals surface area contributed by atoms with Crippen LogP contribution in [0.3, 0.4) is 0 Å². The van der Waals surface area contributed by atoms with Gasteiger partial charge in [-0.05, 0) is 22.0 Å². The van der Waals surface area contributed by atoms with E-state index < -0.39 is 6.61 Å². The first-order valence-corrected chi connectivity index (χ1v) is 3.78. The van der Waals surface area contributed by atoms with Gasteiger partial charge in [0, 0.05) is 22.4 Å².